The standard InChI is InChI=1S/C16H21NO4/c1-21-15-4-2-12(10-13(15)3-5-16(19)20)11-17-8-6-14(18)7-9-17/h2-5,10,14,18H,6-9,11H2,1H3,(H,19,20). The van der Waals surface area contributed by atoms with Crippen molar-refractivity contribution in [2.45, 2.75) is 25.5 Å². The summed E-state index contributed by atoms with van der Waals surface area (Å²) in [6.45, 7) is 2.56. The molecule has 0 bridgehead atoms. The van der Waals surface area contributed by atoms with Crippen molar-refractivity contribution in [2.24, 2.45) is 0 Å². The van der Waals surface area contributed by atoms with Crippen LogP contribution in [0.4, 0.5) is 0 Å². The Labute approximate surface area is 124 Å². The highest BCUT2D eigenvalue weighted by atomic mass is 16.5. The molecule has 0 atom stereocenters. The minimum absolute atomic E-state index is 0.175. The molecule has 1 aliphatic heterocycles. The fourth-order valence-electron chi connectivity index (χ4n) is 2.51. The molecule has 1 heterocycles. The van der Waals surface area contributed by atoms with Crippen LogP contribution in [0, 0.1) is 0 Å². The van der Waals surface area contributed by atoms with E-state index in [9.17, 15) is 9.90 Å². The van der Waals surface area contributed by atoms with Gasteiger partial charge in [0, 0.05) is 31.3 Å². The fourth-order valence-corrected chi connectivity index (χ4v) is 2.51. The van der Waals surface area contributed by atoms with Gasteiger partial charge in [0.1, 0.15) is 5.75 Å². The molecule has 2 rings (SSSR count). The van der Waals surface area contributed by atoms with E-state index in [4.69, 9.17) is 9.84 Å². The van der Waals surface area contributed by atoms with Crippen LogP contribution < -0.4 is 4.74 Å². The Balaban J connectivity index is 2.09. The zero-order chi connectivity index (χ0) is 15.2. The van der Waals surface area contributed by atoms with Gasteiger partial charge in [-0.15, -0.1) is 0 Å². The number of rotatable bonds is 5. The molecule has 0 aliphatic carbocycles. The van der Waals surface area contributed by atoms with Crippen LogP contribution in [0.25, 0.3) is 6.08 Å². The first kappa shape index (κ1) is 15.5. The van der Waals surface area contributed by atoms with Crippen LogP contribution in [0.5, 0.6) is 5.75 Å². The van der Waals surface area contributed by atoms with Gasteiger partial charge < -0.3 is 14.9 Å². The van der Waals surface area contributed by atoms with E-state index in [1.54, 1.807) is 13.2 Å². The Kier molecular flexibility index (Phi) is 5.36. The third kappa shape index (κ3) is 4.58. The van der Waals surface area contributed by atoms with Gasteiger partial charge in [-0.25, -0.2) is 4.79 Å². The number of carboxylic acid groups (broad SMARTS) is 1. The fraction of sp³-hybridized carbons (Fsp3) is 0.438. The lowest BCUT2D eigenvalue weighted by Gasteiger charge is -2.29. The topological polar surface area (TPSA) is 70.0 Å². The highest BCUT2D eigenvalue weighted by Gasteiger charge is 2.17. The van der Waals surface area contributed by atoms with Gasteiger partial charge >= 0.3 is 5.97 Å². The molecule has 0 saturated carbocycles. The molecular formula is C16H21NO4. The van der Waals surface area contributed by atoms with Crippen LogP contribution in [0.3, 0.4) is 0 Å². The Morgan fingerprint density at radius 1 is 1.43 bits per heavy atom. The third-order valence-electron chi connectivity index (χ3n) is 3.66. The number of likely N-dealkylation sites (tertiary alicyclic amines) is 1. The monoisotopic (exact) mass is 291 g/mol. The second kappa shape index (κ2) is 7.24. The van der Waals surface area contributed by atoms with Gasteiger partial charge in [0.05, 0.1) is 13.2 Å². The smallest absolute Gasteiger partial charge is 0.328 e. The summed E-state index contributed by atoms with van der Waals surface area (Å²) in [5, 5.41) is 18.3. The first-order chi connectivity index (χ1) is 10.1. The Bertz CT molecular complexity index is 519. The summed E-state index contributed by atoms with van der Waals surface area (Å²) < 4.78 is 5.25. The van der Waals surface area contributed by atoms with E-state index < -0.39 is 5.97 Å². The van der Waals surface area contributed by atoms with Crippen molar-refractivity contribution in [3.8, 4) is 5.75 Å². The average molecular weight is 291 g/mol. The summed E-state index contributed by atoms with van der Waals surface area (Å²) in [6.07, 6.45) is 4.10. The van der Waals surface area contributed by atoms with Crippen molar-refractivity contribution in [1.82, 2.24) is 4.90 Å². The summed E-state index contributed by atoms with van der Waals surface area (Å²) in [5.74, 6) is -0.321. The van der Waals surface area contributed by atoms with E-state index in [0.29, 0.717) is 5.75 Å². The van der Waals surface area contributed by atoms with Gasteiger partial charge in [0.15, 0.2) is 0 Å². The van der Waals surface area contributed by atoms with E-state index in [1.165, 1.54) is 0 Å². The molecule has 114 valence electrons. The summed E-state index contributed by atoms with van der Waals surface area (Å²) >= 11 is 0. The summed E-state index contributed by atoms with van der Waals surface area (Å²) in [7, 11) is 1.57. The van der Waals surface area contributed by atoms with Crippen LogP contribution in [-0.2, 0) is 11.3 Å². The minimum atomic E-state index is -0.979. The molecule has 1 aromatic rings. The number of aliphatic hydroxyl groups excluding tert-OH is 1. The number of piperidine rings is 1. The second-order valence-corrected chi connectivity index (χ2v) is 5.26. The molecule has 0 spiro atoms. The number of benzene rings is 1. The van der Waals surface area contributed by atoms with Crippen molar-refractivity contribution >= 4 is 12.0 Å². The van der Waals surface area contributed by atoms with E-state index in [1.807, 2.05) is 18.2 Å². The van der Waals surface area contributed by atoms with Crippen LogP contribution in [0.1, 0.15) is 24.0 Å². The molecule has 0 unspecified atom stereocenters. The minimum Gasteiger partial charge on any atom is -0.496 e. The number of aliphatic carboxylic acids is 1. The van der Waals surface area contributed by atoms with Gasteiger partial charge in [0.25, 0.3) is 0 Å². The maximum atomic E-state index is 10.6. The van der Waals surface area contributed by atoms with E-state index in [2.05, 4.69) is 4.90 Å². The molecule has 1 aromatic carbocycles. The predicted octanol–water partition coefficient (Wildman–Crippen LogP) is 1.75. The Morgan fingerprint density at radius 3 is 2.76 bits per heavy atom. The number of carbonyl (C=O) groups is 1. The molecule has 1 fully saturated rings. The van der Waals surface area contributed by atoms with E-state index >= 15 is 0 Å². The zero-order valence-electron chi connectivity index (χ0n) is 12.2. The van der Waals surface area contributed by atoms with Crippen molar-refractivity contribution < 1.29 is 19.7 Å². The zero-order valence-corrected chi connectivity index (χ0v) is 12.2. The average Bonchev–Trinajstić information content (AvgIpc) is 2.47. The normalized spacial score (nSPS) is 17.2. The largest absolute Gasteiger partial charge is 0.496 e. The molecule has 5 nitrogen and oxygen atoms in total. The van der Waals surface area contributed by atoms with Gasteiger partial charge in [0.2, 0.25) is 0 Å². The predicted molar refractivity (Wildman–Crippen MR) is 80.2 cm³/mol. The number of ether oxygens (including phenoxy) is 1. The summed E-state index contributed by atoms with van der Waals surface area (Å²) in [6, 6.07) is 5.79. The number of carboxylic acids is 1. The lowest BCUT2D eigenvalue weighted by atomic mass is 10.1. The van der Waals surface area contributed by atoms with Crippen LogP contribution in [0.2, 0.25) is 0 Å². The van der Waals surface area contributed by atoms with Crippen molar-refractivity contribution in [3.05, 3.63) is 35.4 Å². The summed E-state index contributed by atoms with van der Waals surface area (Å²) in [5.41, 5.74) is 1.87. The molecule has 0 radical (unpaired) electrons. The van der Waals surface area contributed by atoms with Crippen LogP contribution >= 0.6 is 0 Å². The molecule has 21 heavy (non-hydrogen) atoms. The molecule has 5 heteroatoms. The third-order valence-corrected chi connectivity index (χ3v) is 3.66. The summed E-state index contributed by atoms with van der Waals surface area (Å²) in [4.78, 5) is 12.9. The maximum Gasteiger partial charge on any atom is 0.328 e. The van der Waals surface area contributed by atoms with Gasteiger partial charge in [-0.05, 0) is 36.6 Å². The molecule has 1 saturated heterocycles. The number of nitrogens with zero attached hydrogens (tertiary/aromatic N) is 1. The van der Waals surface area contributed by atoms with Crippen molar-refractivity contribution in [2.75, 3.05) is 20.2 Å². The number of aliphatic hydroxyl groups is 1. The van der Waals surface area contributed by atoms with Gasteiger partial charge in [-0.2, -0.15) is 0 Å². The number of methoxy groups -OCH3 is 1. The van der Waals surface area contributed by atoms with Crippen molar-refractivity contribution in [1.29, 1.82) is 0 Å². The molecule has 0 amide bonds. The first-order valence-electron chi connectivity index (χ1n) is 7.07. The SMILES string of the molecule is COc1ccc(CN2CCC(O)CC2)cc1C=CC(=O)O. The van der Waals surface area contributed by atoms with Crippen LogP contribution in [-0.4, -0.2) is 47.4 Å². The molecule has 0 aromatic heterocycles. The lowest BCUT2D eigenvalue weighted by Crippen LogP contribution is -2.35. The molecule has 2 N–H and O–H groups in total. The van der Waals surface area contributed by atoms with Crippen LogP contribution in [0.15, 0.2) is 24.3 Å². The Morgan fingerprint density at radius 2 is 2.14 bits per heavy atom. The lowest BCUT2D eigenvalue weighted by molar-refractivity contribution is -0.131. The van der Waals surface area contributed by atoms with Crippen molar-refractivity contribution in [3.63, 3.8) is 0 Å². The number of hydrogen-bond donors (Lipinski definition) is 2. The molecule has 1 aliphatic rings. The molecular weight excluding hydrogens is 270 g/mol. The highest BCUT2D eigenvalue weighted by molar-refractivity contribution is 5.85. The van der Waals surface area contributed by atoms with Gasteiger partial charge in [-0.1, -0.05) is 6.07 Å². The maximum absolute atomic E-state index is 10.6. The highest BCUT2D eigenvalue weighted by Crippen LogP contribution is 2.23. The Hall–Kier alpha value is -1.85. The van der Waals surface area contributed by atoms with E-state index in [-0.39, 0.29) is 6.10 Å². The second-order valence-electron chi connectivity index (χ2n) is 5.26. The van der Waals surface area contributed by atoms with Gasteiger partial charge in [-0.3, -0.25) is 4.90 Å². The number of hydrogen-bond acceptors (Lipinski definition) is 4. The first-order valence-corrected chi connectivity index (χ1v) is 7.07. The van der Waals surface area contributed by atoms with E-state index in [0.717, 1.165) is 49.7 Å². The quantitative estimate of drug-likeness (QED) is 0.809.